The van der Waals surface area contributed by atoms with Crippen LogP contribution in [0.1, 0.15) is 40.2 Å². The molecule has 0 bridgehead atoms. The number of aryl methyl sites for hydroxylation is 1. The van der Waals surface area contributed by atoms with Crippen molar-refractivity contribution in [2.75, 3.05) is 30.9 Å². The van der Waals surface area contributed by atoms with Crippen molar-refractivity contribution >= 4 is 23.0 Å². The van der Waals surface area contributed by atoms with Gasteiger partial charge in [-0.2, -0.15) is 0 Å². The minimum Gasteiger partial charge on any atom is -0.465 e. The van der Waals surface area contributed by atoms with Crippen molar-refractivity contribution in [3.8, 4) is 0 Å². The molecule has 3 aromatic rings. The van der Waals surface area contributed by atoms with Gasteiger partial charge in [0.2, 0.25) is 0 Å². The SMILES string of the molecule is COC(=O)c1ccncc1NC[C@@H]1CCCc2cc(N(C)c3ccc(F)cc3)ccc21. The van der Waals surface area contributed by atoms with E-state index < -0.39 is 0 Å². The number of fused-ring (bicyclic) bond motifs is 1. The van der Waals surface area contributed by atoms with Crippen LogP contribution in [0, 0.1) is 5.82 Å². The van der Waals surface area contributed by atoms with Gasteiger partial charge in [0.25, 0.3) is 0 Å². The molecule has 1 aromatic heterocycles. The first-order chi connectivity index (χ1) is 15.1. The second-order valence-electron chi connectivity index (χ2n) is 7.80. The molecule has 6 heteroatoms. The maximum Gasteiger partial charge on any atom is 0.340 e. The molecule has 1 atom stereocenters. The van der Waals surface area contributed by atoms with Crippen molar-refractivity contribution in [3.63, 3.8) is 0 Å². The number of rotatable bonds is 6. The van der Waals surface area contributed by atoms with Crippen LogP contribution in [-0.4, -0.2) is 31.7 Å². The summed E-state index contributed by atoms with van der Waals surface area (Å²) in [4.78, 5) is 18.2. The van der Waals surface area contributed by atoms with Crippen molar-refractivity contribution < 1.29 is 13.9 Å². The molecule has 0 unspecified atom stereocenters. The lowest BCUT2D eigenvalue weighted by Gasteiger charge is -2.28. The molecule has 2 aromatic carbocycles. The first-order valence-electron chi connectivity index (χ1n) is 10.4. The maximum absolute atomic E-state index is 13.3. The zero-order chi connectivity index (χ0) is 21.8. The molecule has 0 radical (unpaired) electrons. The third kappa shape index (κ3) is 4.53. The van der Waals surface area contributed by atoms with Crippen LogP contribution in [0.4, 0.5) is 21.5 Å². The quantitative estimate of drug-likeness (QED) is 0.549. The predicted octanol–water partition coefficient (Wildman–Crippen LogP) is 5.31. The zero-order valence-electron chi connectivity index (χ0n) is 17.8. The summed E-state index contributed by atoms with van der Waals surface area (Å²) in [5.74, 6) is -0.260. The van der Waals surface area contributed by atoms with E-state index in [4.69, 9.17) is 4.74 Å². The van der Waals surface area contributed by atoms with Crippen molar-refractivity contribution in [2.45, 2.75) is 25.2 Å². The van der Waals surface area contributed by atoms with Gasteiger partial charge < -0.3 is 15.0 Å². The highest BCUT2D eigenvalue weighted by Gasteiger charge is 2.22. The van der Waals surface area contributed by atoms with Gasteiger partial charge in [-0.3, -0.25) is 4.98 Å². The number of ether oxygens (including phenoxy) is 1. The van der Waals surface area contributed by atoms with E-state index in [-0.39, 0.29) is 11.8 Å². The van der Waals surface area contributed by atoms with Gasteiger partial charge in [-0.1, -0.05) is 6.07 Å². The minimum atomic E-state index is -0.373. The first-order valence-corrected chi connectivity index (χ1v) is 10.4. The van der Waals surface area contributed by atoms with Gasteiger partial charge in [-0.05, 0) is 72.9 Å². The number of nitrogens with one attached hydrogen (secondary N) is 1. The highest BCUT2D eigenvalue weighted by Crippen LogP contribution is 2.35. The molecule has 0 amide bonds. The molecule has 31 heavy (non-hydrogen) atoms. The van der Waals surface area contributed by atoms with E-state index in [1.54, 1.807) is 30.6 Å². The predicted molar refractivity (Wildman–Crippen MR) is 121 cm³/mol. The maximum atomic E-state index is 13.3. The van der Waals surface area contributed by atoms with Crippen molar-refractivity contribution in [1.29, 1.82) is 0 Å². The van der Waals surface area contributed by atoms with E-state index >= 15 is 0 Å². The number of hydrogen-bond donors (Lipinski definition) is 1. The largest absolute Gasteiger partial charge is 0.465 e. The Kier molecular flexibility index (Phi) is 6.16. The number of halogens is 1. The summed E-state index contributed by atoms with van der Waals surface area (Å²) in [7, 11) is 3.37. The number of benzene rings is 2. The van der Waals surface area contributed by atoms with E-state index in [2.05, 4.69) is 33.4 Å². The number of esters is 1. The fourth-order valence-electron chi connectivity index (χ4n) is 4.19. The van der Waals surface area contributed by atoms with Crippen molar-refractivity contribution in [3.05, 3.63) is 83.4 Å². The van der Waals surface area contributed by atoms with Gasteiger partial charge in [0.05, 0.1) is 24.6 Å². The van der Waals surface area contributed by atoms with E-state index in [1.807, 2.05) is 7.05 Å². The highest BCUT2D eigenvalue weighted by atomic mass is 19.1. The normalized spacial score (nSPS) is 15.1. The summed E-state index contributed by atoms with van der Waals surface area (Å²) in [5, 5.41) is 3.40. The van der Waals surface area contributed by atoms with Crippen LogP contribution in [-0.2, 0) is 11.2 Å². The standard InChI is InChI=1S/C25H26FN3O2/c1-29(20-8-6-19(26)7-9-20)21-10-11-22-17(14-21)4-3-5-18(22)15-28-24-16-27-13-12-23(24)25(30)31-2/h6-14,16,18,28H,3-5,15H2,1-2H3/t18-/m0/s1. The van der Waals surface area contributed by atoms with Crippen molar-refractivity contribution in [1.82, 2.24) is 4.98 Å². The number of aromatic nitrogens is 1. The summed E-state index contributed by atoms with van der Waals surface area (Å²) in [6, 6.07) is 14.7. The number of nitrogens with zero attached hydrogens (tertiary/aromatic N) is 2. The average Bonchev–Trinajstić information content (AvgIpc) is 2.82. The smallest absolute Gasteiger partial charge is 0.340 e. The Morgan fingerprint density at radius 1 is 1.19 bits per heavy atom. The lowest BCUT2D eigenvalue weighted by atomic mass is 9.82. The Morgan fingerprint density at radius 2 is 1.97 bits per heavy atom. The molecule has 0 spiro atoms. The first kappa shape index (κ1) is 20.8. The van der Waals surface area contributed by atoms with E-state index in [0.717, 1.165) is 37.2 Å². The molecule has 160 valence electrons. The van der Waals surface area contributed by atoms with E-state index in [0.29, 0.717) is 17.2 Å². The number of anilines is 3. The Balaban J connectivity index is 1.51. The Bertz CT molecular complexity index is 1070. The third-order valence-electron chi connectivity index (χ3n) is 5.93. The molecular weight excluding hydrogens is 393 g/mol. The fraction of sp³-hybridized carbons (Fsp3) is 0.280. The van der Waals surface area contributed by atoms with Crippen LogP contribution in [0.25, 0.3) is 0 Å². The number of carbonyl (C=O) groups excluding carboxylic acids is 1. The molecule has 0 saturated carbocycles. The van der Waals surface area contributed by atoms with Crippen LogP contribution in [0.15, 0.2) is 60.9 Å². The minimum absolute atomic E-state index is 0.234. The summed E-state index contributed by atoms with van der Waals surface area (Å²) >= 11 is 0. The number of carbonyl (C=O) groups is 1. The second kappa shape index (κ2) is 9.16. The molecule has 4 rings (SSSR count). The fourth-order valence-corrected chi connectivity index (χ4v) is 4.19. The molecule has 1 aliphatic rings. The summed E-state index contributed by atoms with van der Waals surface area (Å²) in [6.07, 6.45) is 6.49. The van der Waals surface area contributed by atoms with Crippen molar-refractivity contribution in [2.24, 2.45) is 0 Å². The van der Waals surface area contributed by atoms with Crippen LogP contribution in [0.2, 0.25) is 0 Å². The lowest BCUT2D eigenvalue weighted by Crippen LogP contribution is -2.20. The molecule has 5 nitrogen and oxygen atoms in total. The summed E-state index contributed by atoms with van der Waals surface area (Å²) < 4.78 is 18.1. The molecule has 1 heterocycles. The monoisotopic (exact) mass is 419 g/mol. The van der Waals surface area contributed by atoms with E-state index in [9.17, 15) is 9.18 Å². The molecular formula is C25H26FN3O2. The Hall–Kier alpha value is -3.41. The number of methoxy groups -OCH3 is 1. The van der Waals surface area contributed by atoms with Crippen LogP contribution < -0.4 is 10.2 Å². The van der Waals surface area contributed by atoms with Gasteiger partial charge in [0.15, 0.2) is 0 Å². The zero-order valence-corrected chi connectivity index (χ0v) is 17.8. The van der Waals surface area contributed by atoms with Gasteiger partial charge in [-0.25, -0.2) is 9.18 Å². The summed E-state index contributed by atoms with van der Waals surface area (Å²) in [6.45, 7) is 0.718. The lowest BCUT2D eigenvalue weighted by molar-refractivity contribution is 0.0601. The molecule has 0 fully saturated rings. The molecule has 0 saturated heterocycles. The molecule has 1 aliphatic carbocycles. The second-order valence-corrected chi connectivity index (χ2v) is 7.80. The molecule has 0 aliphatic heterocycles. The topological polar surface area (TPSA) is 54.5 Å². The third-order valence-corrected chi connectivity index (χ3v) is 5.93. The van der Waals surface area contributed by atoms with Crippen LogP contribution in [0.5, 0.6) is 0 Å². The Morgan fingerprint density at radius 3 is 2.74 bits per heavy atom. The Labute approximate surface area is 181 Å². The molecule has 1 N–H and O–H groups in total. The highest BCUT2D eigenvalue weighted by molar-refractivity contribution is 5.95. The van der Waals surface area contributed by atoms with Gasteiger partial charge in [0, 0.05) is 37.1 Å². The van der Waals surface area contributed by atoms with E-state index in [1.165, 1.54) is 30.4 Å². The van der Waals surface area contributed by atoms with Crippen LogP contribution in [0.3, 0.4) is 0 Å². The summed E-state index contributed by atoms with van der Waals surface area (Å²) in [5.41, 5.74) is 5.88. The number of pyridine rings is 1. The van der Waals surface area contributed by atoms with Gasteiger partial charge in [0.1, 0.15) is 5.82 Å². The number of hydrogen-bond acceptors (Lipinski definition) is 5. The average molecular weight is 420 g/mol. The van der Waals surface area contributed by atoms with Gasteiger partial charge >= 0.3 is 5.97 Å². The van der Waals surface area contributed by atoms with Crippen LogP contribution >= 0.6 is 0 Å². The van der Waals surface area contributed by atoms with Gasteiger partial charge in [-0.15, -0.1) is 0 Å².